The van der Waals surface area contributed by atoms with E-state index in [1.165, 1.54) is 0 Å². The molecular formula is C17H19N5O3S. The summed E-state index contributed by atoms with van der Waals surface area (Å²) >= 11 is 0. The van der Waals surface area contributed by atoms with Crippen LogP contribution in [0.4, 0.5) is 16.2 Å². The SMILES string of the molecule is Cc1cc(NC(=O)NCc2cccc(NS(C)(=O)=O)c2)cc2[nH]ncc12. The van der Waals surface area contributed by atoms with Crippen molar-refractivity contribution in [3.8, 4) is 0 Å². The first-order chi connectivity index (χ1) is 12.3. The predicted molar refractivity (Wildman–Crippen MR) is 102 cm³/mol. The van der Waals surface area contributed by atoms with Crippen molar-refractivity contribution in [1.29, 1.82) is 0 Å². The largest absolute Gasteiger partial charge is 0.334 e. The number of aromatic amines is 1. The van der Waals surface area contributed by atoms with Crippen LogP contribution in [0.15, 0.2) is 42.6 Å². The van der Waals surface area contributed by atoms with Gasteiger partial charge in [-0.25, -0.2) is 13.2 Å². The Kier molecular flexibility index (Phi) is 4.81. The number of benzene rings is 2. The highest BCUT2D eigenvalue weighted by Crippen LogP contribution is 2.21. The Morgan fingerprint density at radius 3 is 2.77 bits per heavy atom. The minimum absolute atomic E-state index is 0.260. The van der Waals surface area contributed by atoms with Gasteiger partial charge in [0.15, 0.2) is 0 Å². The summed E-state index contributed by atoms with van der Waals surface area (Å²) in [6.07, 6.45) is 2.83. The number of urea groups is 1. The van der Waals surface area contributed by atoms with Gasteiger partial charge in [-0.3, -0.25) is 9.82 Å². The lowest BCUT2D eigenvalue weighted by atomic mass is 10.1. The first kappa shape index (κ1) is 17.7. The fourth-order valence-electron chi connectivity index (χ4n) is 2.62. The molecular weight excluding hydrogens is 354 g/mol. The molecule has 0 fully saturated rings. The molecule has 0 spiro atoms. The normalized spacial score (nSPS) is 11.3. The molecule has 0 aliphatic carbocycles. The summed E-state index contributed by atoms with van der Waals surface area (Å²) in [6, 6.07) is 10.2. The third kappa shape index (κ3) is 4.51. The number of amides is 2. The highest BCUT2D eigenvalue weighted by Gasteiger charge is 2.07. The van der Waals surface area contributed by atoms with Crippen molar-refractivity contribution < 1.29 is 13.2 Å². The van der Waals surface area contributed by atoms with Crippen LogP contribution in [0.3, 0.4) is 0 Å². The van der Waals surface area contributed by atoms with Gasteiger partial charge in [0.05, 0.1) is 18.0 Å². The van der Waals surface area contributed by atoms with E-state index in [9.17, 15) is 13.2 Å². The number of nitrogens with zero attached hydrogens (tertiary/aromatic N) is 1. The Morgan fingerprint density at radius 2 is 2.00 bits per heavy atom. The fourth-order valence-corrected chi connectivity index (χ4v) is 3.17. The molecule has 0 unspecified atom stereocenters. The van der Waals surface area contributed by atoms with E-state index < -0.39 is 10.0 Å². The average molecular weight is 373 g/mol. The van der Waals surface area contributed by atoms with Crippen LogP contribution in [0.2, 0.25) is 0 Å². The number of nitrogens with one attached hydrogen (secondary N) is 4. The number of hydrogen-bond donors (Lipinski definition) is 4. The molecule has 0 bridgehead atoms. The van der Waals surface area contributed by atoms with Crippen molar-refractivity contribution in [1.82, 2.24) is 15.5 Å². The van der Waals surface area contributed by atoms with Gasteiger partial charge in [-0.1, -0.05) is 12.1 Å². The molecule has 3 rings (SSSR count). The zero-order valence-corrected chi connectivity index (χ0v) is 15.1. The van der Waals surface area contributed by atoms with Crippen molar-refractivity contribution in [2.45, 2.75) is 13.5 Å². The van der Waals surface area contributed by atoms with Gasteiger partial charge < -0.3 is 10.6 Å². The summed E-state index contributed by atoms with van der Waals surface area (Å²) < 4.78 is 25.0. The van der Waals surface area contributed by atoms with Crippen LogP contribution in [0.25, 0.3) is 10.9 Å². The highest BCUT2D eigenvalue weighted by molar-refractivity contribution is 7.92. The molecule has 3 aromatic rings. The number of sulfonamides is 1. The van der Waals surface area contributed by atoms with Crippen LogP contribution in [-0.2, 0) is 16.6 Å². The number of H-pyrrole nitrogens is 1. The number of aryl methyl sites for hydroxylation is 1. The van der Waals surface area contributed by atoms with E-state index >= 15 is 0 Å². The van der Waals surface area contributed by atoms with Gasteiger partial charge in [0, 0.05) is 23.3 Å². The van der Waals surface area contributed by atoms with E-state index in [0.717, 1.165) is 28.3 Å². The number of rotatable bonds is 5. The highest BCUT2D eigenvalue weighted by atomic mass is 32.2. The van der Waals surface area contributed by atoms with Crippen LogP contribution in [0, 0.1) is 6.92 Å². The number of aromatic nitrogens is 2. The molecule has 0 saturated heterocycles. The minimum Gasteiger partial charge on any atom is -0.334 e. The van der Waals surface area contributed by atoms with E-state index in [1.807, 2.05) is 19.1 Å². The minimum atomic E-state index is -3.34. The molecule has 8 nitrogen and oxygen atoms in total. The zero-order valence-electron chi connectivity index (χ0n) is 14.3. The molecule has 0 aliphatic rings. The van der Waals surface area contributed by atoms with Crippen molar-refractivity contribution >= 4 is 38.3 Å². The Hall–Kier alpha value is -3.07. The van der Waals surface area contributed by atoms with Crippen molar-refractivity contribution in [2.24, 2.45) is 0 Å². The molecule has 0 aliphatic heterocycles. The second kappa shape index (κ2) is 7.04. The monoisotopic (exact) mass is 373 g/mol. The number of hydrogen-bond acceptors (Lipinski definition) is 4. The quantitative estimate of drug-likeness (QED) is 0.550. The molecule has 4 N–H and O–H groups in total. The molecule has 136 valence electrons. The molecule has 9 heteroatoms. The van der Waals surface area contributed by atoms with Crippen LogP contribution < -0.4 is 15.4 Å². The molecule has 0 saturated carbocycles. The van der Waals surface area contributed by atoms with Crippen LogP contribution in [-0.4, -0.2) is 30.9 Å². The maximum absolute atomic E-state index is 12.1. The molecule has 0 atom stereocenters. The van der Waals surface area contributed by atoms with Gasteiger partial charge >= 0.3 is 6.03 Å². The molecule has 26 heavy (non-hydrogen) atoms. The summed E-state index contributed by atoms with van der Waals surface area (Å²) in [5.74, 6) is 0. The number of anilines is 2. The zero-order chi connectivity index (χ0) is 18.7. The Morgan fingerprint density at radius 1 is 1.19 bits per heavy atom. The third-order valence-electron chi connectivity index (χ3n) is 3.71. The first-order valence-electron chi connectivity index (χ1n) is 7.85. The lowest BCUT2D eigenvalue weighted by Crippen LogP contribution is -2.28. The second-order valence-electron chi connectivity index (χ2n) is 6.01. The average Bonchev–Trinajstić information content (AvgIpc) is 3.01. The molecule has 0 radical (unpaired) electrons. The van der Waals surface area contributed by atoms with E-state index in [-0.39, 0.29) is 12.6 Å². The lowest BCUT2D eigenvalue weighted by Gasteiger charge is -2.10. The third-order valence-corrected chi connectivity index (χ3v) is 4.31. The van der Waals surface area contributed by atoms with Gasteiger partial charge in [-0.15, -0.1) is 0 Å². The van der Waals surface area contributed by atoms with Crippen LogP contribution in [0.1, 0.15) is 11.1 Å². The van der Waals surface area contributed by atoms with Crippen molar-refractivity contribution in [3.63, 3.8) is 0 Å². The summed E-state index contributed by atoms with van der Waals surface area (Å²) in [7, 11) is -3.34. The number of carbonyl (C=O) groups excluding carboxylic acids is 1. The van der Waals surface area contributed by atoms with Gasteiger partial charge in [-0.05, 0) is 42.3 Å². The lowest BCUT2D eigenvalue weighted by molar-refractivity contribution is 0.251. The molecule has 2 aromatic carbocycles. The standard InChI is InChI=1S/C17H19N5O3S/c1-11-6-14(8-16-15(11)10-19-21-16)20-17(23)18-9-12-4-3-5-13(7-12)22-26(2,24)25/h3-8,10,22H,9H2,1-2H3,(H,19,21)(H2,18,20,23). The van der Waals surface area contributed by atoms with Gasteiger partial charge in [-0.2, -0.15) is 5.10 Å². The predicted octanol–water partition coefficient (Wildman–Crippen LogP) is 2.56. The first-order valence-corrected chi connectivity index (χ1v) is 9.74. The van der Waals surface area contributed by atoms with Crippen LogP contribution in [0.5, 0.6) is 0 Å². The summed E-state index contributed by atoms with van der Waals surface area (Å²) in [5.41, 5.74) is 3.73. The van der Waals surface area contributed by atoms with Gasteiger partial charge in [0.2, 0.25) is 10.0 Å². The number of carbonyl (C=O) groups is 1. The van der Waals surface area contributed by atoms with Gasteiger partial charge in [0.25, 0.3) is 0 Å². The Bertz CT molecular complexity index is 1060. The summed E-state index contributed by atoms with van der Waals surface area (Å²) in [5, 5.41) is 13.4. The molecule has 1 heterocycles. The van der Waals surface area contributed by atoms with E-state index in [4.69, 9.17) is 0 Å². The number of fused-ring (bicyclic) bond motifs is 1. The van der Waals surface area contributed by atoms with E-state index in [0.29, 0.717) is 11.4 Å². The Labute approximate surface area is 151 Å². The van der Waals surface area contributed by atoms with E-state index in [2.05, 4.69) is 25.6 Å². The topological polar surface area (TPSA) is 116 Å². The smallest absolute Gasteiger partial charge is 0.319 e. The fraction of sp³-hybridized carbons (Fsp3) is 0.176. The van der Waals surface area contributed by atoms with Crippen LogP contribution >= 0.6 is 0 Å². The van der Waals surface area contributed by atoms with E-state index in [1.54, 1.807) is 30.5 Å². The van der Waals surface area contributed by atoms with Crippen molar-refractivity contribution in [2.75, 3.05) is 16.3 Å². The maximum atomic E-state index is 12.1. The summed E-state index contributed by atoms with van der Waals surface area (Å²) in [6.45, 7) is 2.21. The summed E-state index contributed by atoms with van der Waals surface area (Å²) in [4.78, 5) is 12.1. The van der Waals surface area contributed by atoms with Crippen molar-refractivity contribution in [3.05, 3.63) is 53.7 Å². The van der Waals surface area contributed by atoms with Gasteiger partial charge in [0.1, 0.15) is 0 Å². The molecule has 1 aromatic heterocycles. The molecule has 2 amide bonds. The Balaban J connectivity index is 1.62. The second-order valence-corrected chi connectivity index (χ2v) is 7.76. The maximum Gasteiger partial charge on any atom is 0.319 e.